The second-order valence-electron chi connectivity index (χ2n) is 3.73. The van der Waals surface area contributed by atoms with E-state index < -0.39 is 5.91 Å². The Morgan fingerprint density at radius 1 is 1.47 bits per heavy atom. The lowest BCUT2D eigenvalue weighted by Gasteiger charge is -2.08. The zero-order valence-corrected chi connectivity index (χ0v) is 9.98. The molecule has 0 spiro atoms. The topological polar surface area (TPSA) is 78.3 Å². The van der Waals surface area contributed by atoms with Crippen LogP contribution in [0.2, 0.25) is 0 Å². The van der Waals surface area contributed by atoms with Crippen molar-refractivity contribution in [2.24, 2.45) is 5.73 Å². The minimum atomic E-state index is -0.480. The Hall–Kier alpha value is -1.97. The van der Waals surface area contributed by atoms with Crippen LogP contribution in [0.15, 0.2) is 24.3 Å². The van der Waals surface area contributed by atoms with Gasteiger partial charge in [-0.3, -0.25) is 4.79 Å². The van der Waals surface area contributed by atoms with E-state index in [1.807, 2.05) is 6.07 Å². The number of rotatable bonds is 6. The third kappa shape index (κ3) is 4.59. The van der Waals surface area contributed by atoms with E-state index in [4.69, 9.17) is 16.2 Å². The second kappa shape index (κ2) is 6.58. The first kappa shape index (κ1) is 13.1. The first-order valence-corrected chi connectivity index (χ1v) is 5.63. The summed E-state index contributed by atoms with van der Waals surface area (Å²) in [4.78, 5) is 10.6. The number of nitrogen functional groups attached to an aromatic ring is 1. The van der Waals surface area contributed by atoms with Crippen molar-refractivity contribution in [2.45, 2.75) is 19.8 Å². The number of nitrogens with two attached hydrogens (primary N) is 2. The average molecular weight is 234 g/mol. The smallest absolute Gasteiger partial charge is 0.241 e. The number of ether oxygens (including phenoxy) is 1. The van der Waals surface area contributed by atoms with Crippen LogP contribution in [0.25, 0.3) is 6.08 Å². The van der Waals surface area contributed by atoms with Crippen LogP contribution in [0.5, 0.6) is 5.75 Å². The number of primary amides is 1. The summed E-state index contributed by atoms with van der Waals surface area (Å²) in [7, 11) is 0. The molecule has 4 heteroatoms. The molecule has 0 aliphatic carbocycles. The zero-order chi connectivity index (χ0) is 12.7. The quantitative estimate of drug-likeness (QED) is 0.448. The van der Waals surface area contributed by atoms with E-state index in [1.165, 1.54) is 6.08 Å². The number of anilines is 1. The molecule has 92 valence electrons. The molecule has 4 nitrogen and oxygen atoms in total. The van der Waals surface area contributed by atoms with Gasteiger partial charge in [-0.25, -0.2) is 0 Å². The van der Waals surface area contributed by atoms with E-state index in [0.717, 1.165) is 18.4 Å². The summed E-state index contributed by atoms with van der Waals surface area (Å²) in [6, 6.07) is 5.38. The Bertz CT molecular complexity index is 414. The van der Waals surface area contributed by atoms with Crippen molar-refractivity contribution in [3.8, 4) is 5.75 Å². The van der Waals surface area contributed by atoms with Gasteiger partial charge in [0, 0.05) is 6.08 Å². The maximum Gasteiger partial charge on any atom is 0.241 e. The van der Waals surface area contributed by atoms with Crippen LogP contribution in [-0.4, -0.2) is 12.5 Å². The number of carbonyl (C=O) groups is 1. The first-order valence-electron chi connectivity index (χ1n) is 5.63. The minimum absolute atomic E-state index is 0.480. The van der Waals surface area contributed by atoms with Gasteiger partial charge in [-0.15, -0.1) is 0 Å². The van der Waals surface area contributed by atoms with Crippen molar-refractivity contribution >= 4 is 17.7 Å². The van der Waals surface area contributed by atoms with Gasteiger partial charge in [-0.1, -0.05) is 19.4 Å². The maximum absolute atomic E-state index is 10.6. The second-order valence-corrected chi connectivity index (χ2v) is 3.73. The van der Waals surface area contributed by atoms with Gasteiger partial charge in [0.05, 0.1) is 12.3 Å². The molecule has 0 aromatic heterocycles. The largest absolute Gasteiger partial charge is 0.491 e. The molecule has 0 aliphatic heterocycles. The van der Waals surface area contributed by atoms with Gasteiger partial charge in [-0.05, 0) is 30.2 Å². The highest BCUT2D eigenvalue weighted by Gasteiger charge is 2.00. The Labute approximate surface area is 101 Å². The molecule has 0 radical (unpaired) electrons. The Morgan fingerprint density at radius 3 is 2.82 bits per heavy atom. The lowest BCUT2D eigenvalue weighted by atomic mass is 10.1. The highest BCUT2D eigenvalue weighted by molar-refractivity contribution is 5.90. The van der Waals surface area contributed by atoms with Gasteiger partial charge in [0.15, 0.2) is 0 Å². The van der Waals surface area contributed by atoms with Crippen LogP contribution >= 0.6 is 0 Å². The molecule has 0 heterocycles. The standard InChI is InChI=1S/C13H18N2O2/c1-2-3-8-17-12-6-4-10(9-11(12)14)5-7-13(15)16/h4-7,9H,2-3,8,14H2,1H3,(H2,15,16)/b7-5-. The summed E-state index contributed by atoms with van der Waals surface area (Å²) in [6.45, 7) is 2.77. The lowest BCUT2D eigenvalue weighted by molar-refractivity contribution is -0.113. The van der Waals surface area contributed by atoms with Crippen LogP contribution in [0.1, 0.15) is 25.3 Å². The molecule has 1 amide bonds. The third-order valence-corrected chi connectivity index (χ3v) is 2.23. The molecular formula is C13H18N2O2. The number of unbranched alkanes of at least 4 members (excludes halogenated alkanes) is 1. The van der Waals surface area contributed by atoms with E-state index >= 15 is 0 Å². The van der Waals surface area contributed by atoms with Crippen LogP contribution in [0.4, 0.5) is 5.69 Å². The van der Waals surface area contributed by atoms with Crippen molar-refractivity contribution in [3.05, 3.63) is 29.8 Å². The minimum Gasteiger partial charge on any atom is -0.491 e. The number of carbonyl (C=O) groups excluding carboxylic acids is 1. The summed E-state index contributed by atoms with van der Waals surface area (Å²) in [5.74, 6) is 0.196. The molecule has 1 aromatic carbocycles. The Morgan fingerprint density at radius 2 is 2.24 bits per heavy atom. The van der Waals surface area contributed by atoms with Crippen molar-refractivity contribution < 1.29 is 9.53 Å². The number of hydrogen-bond donors (Lipinski definition) is 2. The van der Waals surface area contributed by atoms with Gasteiger partial charge >= 0.3 is 0 Å². The van der Waals surface area contributed by atoms with Crippen LogP contribution in [-0.2, 0) is 4.79 Å². The van der Waals surface area contributed by atoms with Crippen LogP contribution in [0.3, 0.4) is 0 Å². The lowest BCUT2D eigenvalue weighted by Crippen LogP contribution is -2.05. The molecule has 0 unspecified atom stereocenters. The zero-order valence-electron chi connectivity index (χ0n) is 9.98. The van der Waals surface area contributed by atoms with Crippen molar-refractivity contribution in [1.82, 2.24) is 0 Å². The van der Waals surface area contributed by atoms with Gasteiger partial charge in [-0.2, -0.15) is 0 Å². The van der Waals surface area contributed by atoms with Crippen molar-refractivity contribution in [2.75, 3.05) is 12.3 Å². The molecular weight excluding hydrogens is 216 g/mol. The molecule has 0 saturated heterocycles. The van der Waals surface area contributed by atoms with E-state index in [0.29, 0.717) is 18.0 Å². The highest BCUT2D eigenvalue weighted by Crippen LogP contribution is 2.23. The van der Waals surface area contributed by atoms with E-state index in [1.54, 1.807) is 18.2 Å². The van der Waals surface area contributed by atoms with Crippen LogP contribution < -0.4 is 16.2 Å². The molecule has 0 fully saturated rings. The number of amides is 1. The fourth-order valence-corrected chi connectivity index (χ4v) is 1.31. The van der Waals surface area contributed by atoms with Gasteiger partial charge in [0.25, 0.3) is 0 Å². The molecule has 17 heavy (non-hydrogen) atoms. The number of hydrogen-bond acceptors (Lipinski definition) is 3. The molecule has 0 bridgehead atoms. The van der Waals surface area contributed by atoms with E-state index in [9.17, 15) is 4.79 Å². The normalized spacial score (nSPS) is 10.6. The predicted octanol–water partition coefficient (Wildman–Crippen LogP) is 1.95. The van der Waals surface area contributed by atoms with E-state index in [-0.39, 0.29) is 0 Å². The molecule has 1 aromatic rings. The molecule has 4 N–H and O–H groups in total. The molecule has 0 atom stereocenters. The summed E-state index contributed by atoms with van der Waals surface area (Å²) < 4.78 is 5.52. The molecule has 1 rings (SSSR count). The van der Waals surface area contributed by atoms with E-state index in [2.05, 4.69) is 6.92 Å². The van der Waals surface area contributed by atoms with Gasteiger partial charge in [0.2, 0.25) is 5.91 Å². The fourth-order valence-electron chi connectivity index (χ4n) is 1.31. The summed E-state index contributed by atoms with van der Waals surface area (Å²) in [5.41, 5.74) is 12.2. The summed E-state index contributed by atoms with van der Waals surface area (Å²) in [6.07, 6.45) is 5.00. The Balaban J connectivity index is 2.69. The fraction of sp³-hybridized carbons (Fsp3) is 0.308. The van der Waals surface area contributed by atoms with Gasteiger partial charge in [0.1, 0.15) is 5.75 Å². The predicted molar refractivity (Wildman–Crippen MR) is 69.5 cm³/mol. The van der Waals surface area contributed by atoms with Crippen molar-refractivity contribution in [3.63, 3.8) is 0 Å². The third-order valence-electron chi connectivity index (χ3n) is 2.23. The van der Waals surface area contributed by atoms with Crippen molar-refractivity contribution in [1.29, 1.82) is 0 Å². The maximum atomic E-state index is 10.6. The molecule has 0 saturated carbocycles. The SMILES string of the molecule is CCCCOc1ccc(/C=C\C(N)=O)cc1N. The average Bonchev–Trinajstić information content (AvgIpc) is 2.29. The van der Waals surface area contributed by atoms with Gasteiger partial charge < -0.3 is 16.2 Å². The molecule has 0 aliphatic rings. The Kier molecular flexibility index (Phi) is 5.07. The van der Waals surface area contributed by atoms with Crippen LogP contribution in [0, 0.1) is 0 Å². The first-order chi connectivity index (χ1) is 8.13. The summed E-state index contributed by atoms with van der Waals surface area (Å²) in [5, 5.41) is 0. The monoisotopic (exact) mass is 234 g/mol. The summed E-state index contributed by atoms with van der Waals surface area (Å²) >= 11 is 0. The number of benzene rings is 1. The highest BCUT2D eigenvalue weighted by atomic mass is 16.5.